The number of amides is 1. The van der Waals surface area contributed by atoms with E-state index in [1.54, 1.807) is 36.4 Å². The van der Waals surface area contributed by atoms with Gasteiger partial charge >= 0.3 is 0 Å². The molecule has 2 aromatic carbocycles. The average molecular weight is 366 g/mol. The van der Waals surface area contributed by atoms with Crippen molar-refractivity contribution >= 4 is 17.7 Å². The Morgan fingerprint density at radius 2 is 2.11 bits per heavy atom. The highest BCUT2D eigenvalue weighted by molar-refractivity contribution is 6.10. The molecule has 0 spiro atoms. The summed E-state index contributed by atoms with van der Waals surface area (Å²) in [7, 11) is 1.51. The Morgan fingerprint density at radius 3 is 2.85 bits per heavy atom. The second-order valence-electron chi connectivity index (χ2n) is 5.51. The standard InChI is InChI=1S/C20H18N2O5/c1-3-25-16-7-5-4-6-15(16)22-20(23)14(11-21)8-13-9-17(24-2)19-18(10-13)26-12-27-19/h4-10H,3,12H2,1-2H3,(H,22,23)/b14-8+. The van der Waals surface area contributed by atoms with Gasteiger partial charge in [-0.2, -0.15) is 5.26 Å². The number of ether oxygens (including phenoxy) is 4. The van der Waals surface area contributed by atoms with Crippen LogP contribution < -0.4 is 24.3 Å². The topological polar surface area (TPSA) is 89.8 Å². The molecule has 0 saturated heterocycles. The number of fused-ring (bicyclic) bond motifs is 1. The number of methoxy groups -OCH3 is 1. The van der Waals surface area contributed by atoms with Crippen molar-refractivity contribution in [2.75, 3.05) is 25.8 Å². The number of nitrogens with zero attached hydrogens (tertiary/aromatic N) is 1. The molecule has 7 nitrogen and oxygen atoms in total. The molecule has 1 N–H and O–H groups in total. The van der Waals surface area contributed by atoms with Gasteiger partial charge in [0.15, 0.2) is 11.5 Å². The van der Waals surface area contributed by atoms with E-state index in [1.807, 2.05) is 13.0 Å². The van der Waals surface area contributed by atoms with Crippen LogP contribution in [0.15, 0.2) is 42.0 Å². The maximum atomic E-state index is 12.5. The van der Waals surface area contributed by atoms with Crippen LogP contribution in [-0.2, 0) is 4.79 Å². The van der Waals surface area contributed by atoms with Crippen molar-refractivity contribution in [1.29, 1.82) is 5.26 Å². The maximum Gasteiger partial charge on any atom is 0.266 e. The van der Waals surface area contributed by atoms with Crippen molar-refractivity contribution in [3.63, 3.8) is 0 Å². The van der Waals surface area contributed by atoms with Gasteiger partial charge < -0.3 is 24.3 Å². The fourth-order valence-corrected chi connectivity index (χ4v) is 2.59. The lowest BCUT2D eigenvalue weighted by molar-refractivity contribution is -0.112. The van der Waals surface area contributed by atoms with Crippen LogP contribution >= 0.6 is 0 Å². The highest BCUT2D eigenvalue weighted by Gasteiger charge is 2.20. The second kappa shape index (κ2) is 8.15. The van der Waals surface area contributed by atoms with Crippen molar-refractivity contribution in [3.8, 4) is 29.1 Å². The molecule has 1 aliphatic heterocycles. The Morgan fingerprint density at radius 1 is 1.30 bits per heavy atom. The predicted molar refractivity (Wildman–Crippen MR) is 98.9 cm³/mol. The molecule has 3 rings (SSSR count). The van der Waals surface area contributed by atoms with Crippen LogP contribution in [0.2, 0.25) is 0 Å². The number of nitrogens with one attached hydrogen (secondary N) is 1. The molecule has 0 saturated carbocycles. The molecule has 27 heavy (non-hydrogen) atoms. The maximum absolute atomic E-state index is 12.5. The SMILES string of the molecule is CCOc1ccccc1NC(=O)/C(C#N)=C/c1cc(OC)c2c(c1)OCO2. The van der Waals surface area contributed by atoms with E-state index in [0.717, 1.165) is 0 Å². The molecule has 2 aromatic rings. The van der Waals surface area contributed by atoms with Gasteiger partial charge in [0.25, 0.3) is 5.91 Å². The summed E-state index contributed by atoms with van der Waals surface area (Å²) in [6, 6.07) is 12.3. The highest BCUT2D eigenvalue weighted by Crippen LogP contribution is 2.42. The Hall–Kier alpha value is -3.66. The van der Waals surface area contributed by atoms with E-state index in [9.17, 15) is 10.1 Å². The molecular weight excluding hydrogens is 348 g/mol. The lowest BCUT2D eigenvalue weighted by Crippen LogP contribution is -2.14. The van der Waals surface area contributed by atoms with Gasteiger partial charge in [-0.15, -0.1) is 0 Å². The van der Waals surface area contributed by atoms with Crippen LogP contribution in [0.5, 0.6) is 23.0 Å². The molecule has 0 aliphatic carbocycles. The smallest absolute Gasteiger partial charge is 0.266 e. The van der Waals surface area contributed by atoms with Gasteiger partial charge in [0, 0.05) is 0 Å². The summed E-state index contributed by atoms with van der Waals surface area (Å²) in [5, 5.41) is 12.1. The minimum atomic E-state index is -0.540. The van der Waals surface area contributed by atoms with Crippen LogP contribution in [0.1, 0.15) is 12.5 Å². The van der Waals surface area contributed by atoms with Gasteiger partial charge in [-0.05, 0) is 42.8 Å². The summed E-state index contributed by atoms with van der Waals surface area (Å²) in [6.07, 6.45) is 1.46. The normalized spacial score (nSPS) is 12.3. The van der Waals surface area contributed by atoms with Crippen LogP contribution in [0.3, 0.4) is 0 Å². The lowest BCUT2D eigenvalue weighted by Gasteiger charge is -2.11. The fraction of sp³-hybridized carbons (Fsp3) is 0.200. The van der Waals surface area contributed by atoms with E-state index in [-0.39, 0.29) is 12.4 Å². The Labute approximate surface area is 156 Å². The molecule has 0 atom stereocenters. The summed E-state index contributed by atoms with van der Waals surface area (Å²) >= 11 is 0. The molecule has 1 amide bonds. The third-order valence-corrected chi connectivity index (χ3v) is 3.79. The first kappa shape index (κ1) is 18.1. The number of carbonyl (C=O) groups is 1. The number of nitriles is 1. The molecule has 1 heterocycles. The van der Waals surface area contributed by atoms with Crippen molar-refractivity contribution < 1.29 is 23.7 Å². The van der Waals surface area contributed by atoms with Crippen LogP contribution in [0.25, 0.3) is 6.08 Å². The van der Waals surface area contributed by atoms with E-state index in [0.29, 0.717) is 40.9 Å². The molecule has 1 aliphatic rings. The molecule has 7 heteroatoms. The summed E-state index contributed by atoms with van der Waals surface area (Å²) in [5.74, 6) is 1.47. The first-order valence-corrected chi connectivity index (χ1v) is 8.29. The van der Waals surface area contributed by atoms with Gasteiger partial charge in [-0.1, -0.05) is 12.1 Å². The number of benzene rings is 2. The number of hydrogen-bond acceptors (Lipinski definition) is 6. The van der Waals surface area contributed by atoms with Crippen LogP contribution in [0, 0.1) is 11.3 Å². The van der Waals surface area contributed by atoms with Gasteiger partial charge in [0.2, 0.25) is 12.5 Å². The highest BCUT2D eigenvalue weighted by atomic mass is 16.7. The largest absolute Gasteiger partial charge is 0.493 e. The minimum absolute atomic E-state index is 0.0674. The first-order chi connectivity index (χ1) is 13.2. The zero-order valence-electron chi connectivity index (χ0n) is 14.9. The van der Waals surface area contributed by atoms with Crippen molar-refractivity contribution in [1.82, 2.24) is 0 Å². The number of para-hydroxylation sites is 2. The summed E-state index contributed by atoms with van der Waals surface area (Å²) < 4.78 is 21.5. The second-order valence-corrected chi connectivity index (χ2v) is 5.51. The zero-order valence-corrected chi connectivity index (χ0v) is 14.9. The van der Waals surface area contributed by atoms with Gasteiger partial charge in [0.05, 0.1) is 19.4 Å². The van der Waals surface area contributed by atoms with E-state index >= 15 is 0 Å². The number of carbonyl (C=O) groups excluding carboxylic acids is 1. The molecule has 138 valence electrons. The third-order valence-electron chi connectivity index (χ3n) is 3.79. The quantitative estimate of drug-likeness (QED) is 0.623. The fourth-order valence-electron chi connectivity index (χ4n) is 2.59. The van der Waals surface area contributed by atoms with E-state index < -0.39 is 5.91 Å². The monoisotopic (exact) mass is 366 g/mol. The van der Waals surface area contributed by atoms with Crippen molar-refractivity contribution in [2.24, 2.45) is 0 Å². The number of anilines is 1. The van der Waals surface area contributed by atoms with Crippen LogP contribution in [0.4, 0.5) is 5.69 Å². The molecule has 0 unspecified atom stereocenters. The van der Waals surface area contributed by atoms with Gasteiger partial charge in [-0.25, -0.2) is 0 Å². The molecule has 0 aromatic heterocycles. The van der Waals surface area contributed by atoms with Gasteiger partial charge in [-0.3, -0.25) is 4.79 Å². The first-order valence-electron chi connectivity index (χ1n) is 8.29. The lowest BCUT2D eigenvalue weighted by atomic mass is 10.1. The van der Waals surface area contributed by atoms with E-state index in [4.69, 9.17) is 18.9 Å². The van der Waals surface area contributed by atoms with Crippen molar-refractivity contribution in [3.05, 3.63) is 47.5 Å². The average Bonchev–Trinajstić information content (AvgIpc) is 3.15. The summed E-state index contributed by atoms with van der Waals surface area (Å²) in [4.78, 5) is 12.5. The minimum Gasteiger partial charge on any atom is -0.493 e. The van der Waals surface area contributed by atoms with Gasteiger partial charge in [0.1, 0.15) is 17.4 Å². The molecule has 0 bridgehead atoms. The number of rotatable bonds is 6. The van der Waals surface area contributed by atoms with E-state index in [2.05, 4.69) is 5.32 Å². The third kappa shape index (κ3) is 3.96. The molecule has 0 fully saturated rings. The number of hydrogen-bond donors (Lipinski definition) is 1. The molecule has 0 radical (unpaired) electrons. The van der Waals surface area contributed by atoms with Crippen molar-refractivity contribution in [2.45, 2.75) is 6.92 Å². The van der Waals surface area contributed by atoms with Crippen LogP contribution in [-0.4, -0.2) is 26.4 Å². The Kier molecular flexibility index (Phi) is 5.47. The zero-order chi connectivity index (χ0) is 19.2. The Bertz CT molecular complexity index is 930. The Balaban J connectivity index is 1.87. The summed E-state index contributed by atoms with van der Waals surface area (Å²) in [5.41, 5.74) is 1.01. The summed E-state index contributed by atoms with van der Waals surface area (Å²) in [6.45, 7) is 2.41. The molecular formula is C20H18N2O5. The predicted octanol–water partition coefficient (Wildman–Crippen LogP) is 3.37. The van der Waals surface area contributed by atoms with E-state index in [1.165, 1.54) is 13.2 Å².